The van der Waals surface area contributed by atoms with Crippen LogP contribution in [0.15, 0.2) is 24.3 Å². The monoisotopic (exact) mass is 320 g/mol. The zero-order valence-electron chi connectivity index (χ0n) is 13.6. The Kier molecular flexibility index (Phi) is 5.51. The second kappa shape index (κ2) is 7.18. The molecule has 1 saturated heterocycles. The molecule has 0 saturated carbocycles. The fraction of sp³-hybridized carbons (Fsp3) is 0.529. The molecule has 2 amide bonds. The molecular formula is C17H24N2O2S. The molecule has 1 aliphatic rings. The zero-order valence-corrected chi connectivity index (χ0v) is 14.4. The first-order valence-electron chi connectivity index (χ1n) is 7.67. The van der Waals surface area contributed by atoms with Crippen LogP contribution in [0.25, 0.3) is 0 Å². The van der Waals surface area contributed by atoms with Crippen LogP contribution in [0.3, 0.4) is 0 Å². The van der Waals surface area contributed by atoms with Gasteiger partial charge in [-0.1, -0.05) is 43.7 Å². The molecule has 0 radical (unpaired) electrons. The minimum atomic E-state index is -0.451. The van der Waals surface area contributed by atoms with Crippen LogP contribution in [0.1, 0.15) is 37.3 Å². The van der Waals surface area contributed by atoms with Crippen molar-refractivity contribution in [3.05, 3.63) is 35.4 Å². The molecule has 2 rings (SSSR count). The molecular weight excluding hydrogens is 296 g/mol. The van der Waals surface area contributed by atoms with Gasteiger partial charge in [-0.15, -0.1) is 11.8 Å². The maximum atomic E-state index is 12.3. The van der Waals surface area contributed by atoms with Gasteiger partial charge < -0.3 is 10.2 Å². The van der Waals surface area contributed by atoms with Crippen molar-refractivity contribution in [3.8, 4) is 0 Å². The Morgan fingerprint density at radius 2 is 1.95 bits per heavy atom. The van der Waals surface area contributed by atoms with Gasteiger partial charge in [-0.05, 0) is 25.3 Å². The molecule has 1 fully saturated rings. The number of amides is 2. The van der Waals surface area contributed by atoms with Crippen LogP contribution >= 0.6 is 11.8 Å². The first-order valence-corrected chi connectivity index (χ1v) is 8.72. The highest BCUT2D eigenvalue weighted by atomic mass is 32.2. The first-order chi connectivity index (χ1) is 10.4. The van der Waals surface area contributed by atoms with Gasteiger partial charge >= 0.3 is 0 Å². The number of nitrogens with one attached hydrogen (secondary N) is 1. The summed E-state index contributed by atoms with van der Waals surface area (Å²) < 4.78 is 0. The van der Waals surface area contributed by atoms with Crippen LogP contribution < -0.4 is 5.32 Å². The Balaban J connectivity index is 2.13. The van der Waals surface area contributed by atoms with Gasteiger partial charge in [-0.25, -0.2) is 0 Å². The largest absolute Gasteiger partial charge is 0.354 e. The third-order valence-corrected chi connectivity index (χ3v) is 4.98. The molecule has 0 aliphatic carbocycles. The lowest BCUT2D eigenvalue weighted by atomic mass is 10.1. The normalized spacial score (nSPS) is 19.6. The Morgan fingerprint density at radius 3 is 2.55 bits per heavy atom. The van der Waals surface area contributed by atoms with E-state index in [0.29, 0.717) is 18.2 Å². The van der Waals surface area contributed by atoms with Crippen molar-refractivity contribution in [3.63, 3.8) is 0 Å². The van der Waals surface area contributed by atoms with Crippen molar-refractivity contribution in [1.82, 2.24) is 10.2 Å². The smallest absolute Gasteiger partial charge is 0.242 e. The summed E-state index contributed by atoms with van der Waals surface area (Å²) in [5.41, 5.74) is 2.26. The van der Waals surface area contributed by atoms with Crippen molar-refractivity contribution in [2.75, 3.05) is 12.3 Å². The van der Waals surface area contributed by atoms with Crippen molar-refractivity contribution < 1.29 is 9.59 Å². The summed E-state index contributed by atoms with van der Waals surface area (Å²) in [5, 5.41) is 2.84. The van der Waals surface area contributed by atoms with Crippen LogP contribution in [-0.4, -0.2) is 35.1 Å². The molecule has 0 unspecified atom stereocenters. The van der Waals surface area contributed by atoms with E-state index in [4.69, 9.17) is 0 Å². The summed E-state index contributed by atoms with van der Waals surface area (Å²) in [6.07, 6.45) is 0. The molecule has 0 aromatic heterocycles. The van der Waals surface area contributed by atoms with Crippen molar-refractivity contribution >= 4 is 23.6 Å². The zero-order chi connectivity index (χ0) is 16.3. The molecule has 1 aliphatic heterocycles. The molecule has 1 heterocycles. The highest BCUT2D eigenvalue weighted by molar-refractivity contribution is 8.00. The van der Waals surface area contributed by atoms with E-state index in [1.54, 1.807) is 23.6 Å². The van der Waals surface area contributed by atoms with E-state index in [2.05, 4.69) is 19.2 Å². The minimum Gasteiger partial charge on any atom is -0.354 e. The number of aryl methyl sites for hydroxylation is 1. The molecule has 0 bridgehead atoms. The van der Waals surface area contributed by atoms with E-state index in [1.807, 2.05) is 31.2 Å². The summed E-state index contributed by atoms with van der Waals surface area (Å²) in [5.74, 6) is 0.775. The highest BCUT2D eigenvalue weighted by Crippen LogP contribution is 2.39. The summed E-state index contributed by atoms with van der Waals surface area (Å²) in [6.45, 7) is 8.58. The summed E-state index contributed by atoms with van der Waals surface area (Å²) in [7, 11) is 0. The third-order valence-electron chi connectivity index (χ3n) is 3.75. The molecule has 5 heteroatoms. The number of rotatable bonds is 5. The lowest BCUT2D eigenvalue weighted by Gasteiger charge is -2.29. The highest BCUT2D eigenvalue weighted by Gasteiger charge is 2.38. The van der Waals surface area contributed by atoms with E-state index in [0.717, 1.165) is 5.56 Å². The molecule has 22 heavy (non-hydrogen) atoms. The number of benzene rings is 1. The Bertz CT molecular complexity index is 542. The Morgan fingerprint density at radius 1 is 1.32 bits per heavy atom. The number of hydrogen-bond acceptors (Lipinski definition) is 3. The van der Waals surface area contributed by atoms with Gasteiger partial charge in [0.25, 0.3) is 0 Å². The van der Waals surface area contributed by atoms with Crippen LogP contribution in [0.2, 0.25) is 0 Å². The van der Waals surface area contributed by atoms with Gasteiger partial charge in [0, 0.05) is 6.54 Å². The number of carbonyl (C=O) groups excluding carboxylic acids is 2. The predicted molar refractivity (Wildman–Crippen MR) is 90.5 cm³/mol. The number of hydrogen-bond donors (Lipinski definition) is 1. The van der Waals surface area contributed by atoms with Crippen LogP contribution in [0, 0.1) is 12.8 Å². The lowest BCUT2D eigenvalue weighted by Crippen LogP contribution is -2.47. The second-order valence-corrected chi connectivity index (χ2v) is 7.26. The van der Waals surface area contributed by atoms with Crippen LogP contribution in [-0.2, 0) is 9.59 Å². The number of nitrogens with zero attached hydrogens (tertiary/aromatic N) is 1. The second-order valence-electron chi connectivity index (χ2n) is 6.19. The van der Waals surface area contributed by atoms with E-state index >= 15 is 0 Å². The van der Waals surface area contributed by atoms with E-state index in [1.165, 1.54) is 5.56 Å². The molecule has 1 N–H and O–H groups in total. The predicted octanol–water partition coefficient (Wildman–Crippen LogP) is 2.73. The fourth-order valence-electron chi connectivity index (χ4n) is 2.42. The topological polar surface area (TPSA) is 49.4 Å². The lowest BCUT2D eigenvalue weighted by molar-refractivity contribution is -0.137. The SMILES string of the molecule is Cc1ccc([C@H]2SCC(=O)N2[C@@H](C)C(=O)NCC(C)C)cc1. The maximum absolute atomic E-state index is 12.3. The van der Waals surface area contributed by atoms with Gasteiger partial charge in [-0.3, -0.25) is 9.59 Å². The summed E-state index contributed by atoms with van der Waals surface area (Å²) in [4.78, 5) is 26.2. The molecule has 120 valence electrons. The van der Waals surface area contributed by atoms with E-state index in [9.17, 15) is 9.59 Å². The molecule has 0 spiro atoms. The maximum Gasteiger partial charge on any atom is 0.242 e. The van der Waals surface area contributed by atoms with Gasteiger partial charge in [0.1, 0.15) is 11.4 Å². The average molecular weight is 320 g/mol. The van der Waals surface area contributed by atoms with Crippen molar-refractivity contribution in [2.45, 2.75) is 39.1 Å². The Labute approximate surface area is 136 Å². The standard InChI is InChI=1S/C17H24N2O2S/c1-11(2)9-18-16(21)13(4)19-15(20)10-22-17(19)14-7-5-12(3)6-8-14/h5-8,11,13,17H,9-10H2,1-4H3,(H,18,21)/t13-,17+/m0/s1. The molecule has 1 aromatic carbocycles. The van der Waals surface area contributed by atoms with Crippen LogP contribution in [0.5, 0.6) is 0 Å². The minimum absolute atomic E-state index is 0.0303. The summed E-state index contributed by atoms with van der Waals surface area (Å²) >= 11 is 1.58. The summed E-state index contributed by atoms with van der Waals surface area (Å²) in [6, 6.07) is 7.71. The first kappa shape index (κ1) is 16.9. The third kappa shape index (κ3) is 3.83. The van der Waals surface area contributed by atoms with E-state index in [-0.39, 0.29) is 17.2 Å². The Hall–Kier alpha value is -1.49. The van der Waals surface area contributed by atoms with E-state index < -0.39 is 6.04 Å². The van der Waals surface area contributed by atoms with Crippen molar-refractivity contribution in [1.29, 1.82) is 0 Å². The van der Waals surface area contributed by atoms with Gasteiger partial charge in [0.2, 0.25) is 11.8 Å². The number of thioether (sulfide) groups is 1. The van der Waals surface area contributed by atoms with Crippen molar-refractivity contribution in [2.24, 2.45) is 5.92 Å². The fourth-order valence-corrected chi connectivity index (χ4v) is 3.68. The van der Waals surface area contributed by atoms with Gasteiger partial charge in [0.15, 0.2) is 0 Å². The molecule has 1 aromatic rings. The van der Waals surface area contributed by atoms with Gasteiger partial charge in [-0.2, -0.15) is 0 Å². The molecule has 2 atom stereocenters. The van der Waals surface area contributed by atoms with Gasteiger partial charge in [0.05, 0.1) is 5.75 Å². The number of carbonyl (C=O) groups is 2. The average Bonchev–Trinajstić information content (AvgIpc) is 2.86. The van der Waals surface area contributed by atoms with Crippen LogP contribution in [0.4, 0.5) is 0 Å². The quantitative estimate of drug-likeness (QED) is 0.907. The molecule has 4 nitrogen and oxygen atoms in total.